The van der Waals surface area contributed by atoms with Crippen molar-refractivity contribution >= 4 is 5.69 Å². The predicted octanol–water partition coefficient (Wildman–Crippen LogP) is 4.64. The summed E-state index contributed by atoms with van der Waals surface area (Å²) in [4.78, 5) is 1.85. The third-order valence-electron chi connectivity index (χ3n) is 3.87. The van der Waals surface area contributed by atoms with E-state index in [1.165, 1.54) is 6.07 Å². The van der Waals surface area contributed by atoms with E-state index in [0.717, 1.165) is 30.3 Å². The molecule has 0 bridgehead atoms. The fourth-order valence-electron chi connectivity index (χ4n) is 2.55. The summed E-state index contributed by atoms with van der Waals surface area (Å²) in [5, 5.41) is 0. The van der Waals surface area contributed by atoms with Gasteiger partial charge in [-0.3, -0.25) is 0 Å². The summed E-state index contributed by atoms with van der Waals surface area (Å²) in [7, 11) is 0. The Bertz CT molecular complexity index is 536. The molecule has 2 rings (SSSR count). The maximum atomic E-state index is 13.5. The summed E-state index contributed by atoms with van der Waals surface area (Å²) >= 11 is 0. The Hall–Kier alpha value is -1.68. The van der Waals surface area contributed by atoms with Crippen LogP contribution in [0.2, 0.25) is 0 Å². The lowest BCUT2D eigenvalue weighted by molar-refractivity contribution is 0.0754. The summed E-state index contributed by atoms with van der Waals surface area (Å²) in [5.74, 6) is -1.44. The Labute approximate surface area is 124 Å². The van der Waals surface area contributed by atoms with Gasteiger partial charge in [-0.1, -0.05) is 20.1 Å². The highest BCUT2D eigenvalue weighted by atomic mass is 19.2. The highest BCUT2D eigenvalue weighted by Crippen LogP contribution is 2.33. The molecule has 0 aliphatic carbocycles. The maximum absolute atomic E-state index is 13.5. The second-order valence-electron chi connectivity index (χ2n) is 5.23. The van der Waals surface area contributed by atoms with Crippen molar-refractivity contribution in [3.63, 3.8) is 0 Å². The SMILES string of the molecule is C=C(CC)N(C(=C)C1CCOCC1)c1ccc(F)c(F)c1. The van der Waals surface area contributed by atoms with E-state index in [1.54, 1.807) is 6.07 Å². The summed E-state index contributed by atoms with van der Waals surface area (Å²) in [5.41, 5.74) is 2.26. The lowest BCUT2D eigenvalue weighted by atomic mass is 9.95. The minimum Gasteiger partial charge on any atom is -0.381 e. The minimum absolute atomic E-state index is 0.273. The average molecular weight is 293 g/mol. The van der Waals surface area contributed by atoms with Gasteiger partial charge in [-0.05, 0) is 31.4 Å². The van der Waals surface area contributed by atoms with Crippen LogP contribution in [0.4, 0.5) is 14.5 Å². The summed E-state index contributed by atoms with van der Waals surface area (Å²) in [6.45, 7) is 11.6. The Morgan fingerprint density at radius 2 is 1.90 bits per heavy atom. The van der Waals surface area contributed by atoms with E-state index < -0.39 is 11.6 Å². The van der Waals surface area contributed by atoms with Crippen LogP contribution in [0.5, 0.6) is 0 Å². The molecule has 0 unspecified atom stereocenters. The molecule has 1 saturated heterocycles. The molecule has 114 valence electrons. The number of hydrogen-bond donors (Lipinski definition) is 0. The van der Waals surface area contributed by atoms with Crippen LogP contribution >= 0.6 is 0 Å². The van der Waals surface area contributed by atoms with Crippen LogP contribution in [0.3, 0.4) is 0 Å². The molecular weight excluding hydrogens is 272 g/mol. The average Bonchev–Trinajstić information content (AvgIpc) is 2.51. The summed E-state index contributed by atoms with van der Waals surface area (Å²) in [6.07, 6.45) is 2.48. The van der Waals surface area contributed by atoms with E-state index in [4.69, 9.17) is 4.74 Å². The Kier molecular flexibility index (Phi) is 5.12. The van der Waals surface area contributed by atoms with E-state index in [0.29, 0.717) is 25.3 Å². The molecule has 21 heavy (non-hydrogen) atoms. The number of benzene rings is 1. The van der Waals surface area contributed by atoms with Gasteiger partial charge in [0.2, 0.25) is 0 Å². The van der Waals surface area contributed by atoms with Gasteiger partial charge in [-0.25, -0.2) is 8.78 Å². The van der Waals surface area contributed by atoms with Crippen LogP contribution in [0, 0.1) is 17.6 Å². The lowest BCUT2D eigenvalue weighted by Crippen LogP contribution is -2.29. The third-order valence-corrected chi connectivity index (χ3v) is 3.87. The molecule has 1 aliphatic heterocycles. The smallest absolute Gasteiger partial charge is 0.160 e. The number of hydrogen-bond acceptors (Lipinski definition) is 2. The molecule has 0 amide bonds. The molecule has 0 saturated carbocycles. The van der Waals surface area contributed by atoms with E-state index >= 15 is 0 Å². The zero-order valence-corrected chi connectivity index (χ0v) is 12.4. The minimum atomic E-state index is -0.860. The standard InChI is InChI=1S/C17H21F2NO/c1-4-12(2)20(13(3)14-7-9-21-10-8-14)15-5-6-16(18)17(19)11-15/h5-6,11,14H,2-4,7-10H2,1H3. The second kappa shape index (κ2) is 6.85. The zero-order valence-electron chi connectivity index (χ0n) is 12.4. The van der Waals surface area contributed by atoms with Crippen molar-refractivity contribution in [2.24, 2.45) is 5.92 Å². The van der Waals surface area contributed by atoms with Crippen molar-refractivity contribution in [3.8, 4) is 0 Å². The molecule has 0 aromatic heterocycles. The fraction of sp³-hybridized carbons (Fsp3) is 0.412. The molecule has 1 fully saturated rings. The fourth-order valence-corrected chi connectivity index (χ4v) is 2.55. The van der Waals surface area contributed by atoms with Crippen molar-refractivity contribution in [3.05, 3.63) is 54.4 Å². The van der Waals surface area contributed by atoms with Crippen LogP contribution in [-0.4, -0.2) is 13.2 Å². The predicted molar refractivity (Wildman–Crippen MR) is 81.0 cm³/mol. The highest BCUT2D eigenvalue weighted by Gasteiger charge is 2.24. The van der Waals surface area contributed by atoms with Crippen molar-refractivity contribution in [1.29, 1.82) is 0 Å². The van der Waals surface area contributed by atoms with Gasteiger partial charge in [-0.15, -0.1) is 0 Å². The van der Waals surface area contributed by atoms with Gasteiger partial charge in [0.25, 0.3) is 0 Å². The molecule has 2 nitrogen and oxygen atoms in total. The molecule has 0 N–H and O–H groups in total. The first-order chi connectivity index (χ1) is 10.0. The van der Waals surface area contributed by atoms with E-state index in [9.17, 15) is 8.78 Å². The third kappa shape index (κ3) is 3.50. The van der Waals surface area contributed by atoms with Gasteiger partial charge in [0, 0.05) is 42.3 Å². The van der Waals surface area contributed by atoms with Crippen LogP contribution in [-0.2, 0) is 4.74 Å². The van der Waals surface area contributed by atoms with E-state index in [2.05, 4.69) is 13.2 Å². The Morgan fingerprint density at radius 1 is 1.24 bits per heavy atom. The van der Waals surface area contributed by atoms with Crippen molar-refractivity contribution in [2.75, 3.05) is 18.1 Å². The molecule has 1 aromatic rings. The molecule has 0 spiro atoms. The number of ether oxygens (including phenoxy) is 1. The quantitative estimate of drug-likeness (QED) is 0.784. The second-order valence-corrected chi connectivity index (χ2v) is 5.23. The van der Waals surface area contributed by atoms with E-state index in [1.807, 2.05) is 11.8 Å². The molecular formula is C17H21F2NO. The van der Waals surface area contributed by atoms with Crippen molar-refractivity contribution in [2.45, 2.75) is 26.2 Å². The molecule has 1 aromatic carbocycles. The number of rotatable bonds is 5. The van der Waals surface area contributed by atoms with Crippen LogP contribution in [0.15, 0.2) is 42.8 Å². The molecule has 1 aliphatic rings. The maximum Gasteiger partial charge on any atom is 0.160 e. The molecule has 4 heteroatoms. The highest BCUT2D eigenvalue weighted by molar-refractivity contribution is 5.57. The summed E-state index contributed by atoms with van der Waals surface area (Å²) < 4.78 is 32.0. The van der Waals surface area contributed by atoms with Gasteiger partial charge in [-0.2, -0.15) is 0 Å². The largest absolute Gasteiger partial charge is 0.381 e. The lowest BCUT2D eigenvalue weighted by Gasteiger charge is -2.34. The van der Waals surface area contributed by atoms with Crippen molar-refractivity contribution < 1.29 is 13.5 Å². The van der Waals surface area contributed by atoms with Crippen LogP contribution in [0.25, 0.3) is 0 Å². The Morgan fingerprint density at radius 3 is 2.48 bits per heavy atom. The molecule has 1 heterocycles. The molecule has 0 atom stereocenters. The zero-order chi connectivity index (χ0) is 15.4. The first-order valence-corrected chi connectivity index (χ1v) is 7.24. The monoisotopic (exact) mass is 293 g/mol. The van der Waals surface area contributed by atoms with E-state index in [-0.39, 0.29) is 5.92 Å². The van der Waals surface area contributed by atoms with Crippen molar-refractivity contribution in [1.82, 2.24) is 0 Å². The first-order valence-electron chi connectivity index (χ1n) is 7.24. The van der Waals surface area contributed by atoms with Gasteiger partial charge >= 0.3 is 0 Å². The van der Waals surface area contributed by atoms with Gasteiger partial charge in [0.05, 0.1) is 0 Å². The van der Waals surface area contributed by atoms with Gasteiger partial charge in [0.15, 0.2) is 11.6 Å². The van der Waals surface area contributed by atoms with Gasteiger partial charge < -0.3 is 9.64 Å². The van der Waals surface area contributed by atoms with Crippen LogP contribution in [0.1, 0.15) is 26.2 Å². The number of halogens is 2. The topological polar surface area (TPSA) is 12.5 Å². The van der Waals surface area contributed by atoms with Gasteiger partial charge in [0.1, 0.15) is 0 Å². The number of allylic oxidation sites excluding steroid dienone is 2. The normalized spacial score (nSPS) is 15.8. The number of nitrogens with zero attached hydrogens (tertiary/aromatic N) is 1. The Balaban J connectivity index is 2.31. The molecule has 0 radical (unpaired) electrons. The first kappa shape index (κ1) is 15.7. The van der Waals surface area contributed by atoms with Crippen LogP contribution < -0.4 is 4.90 Å². The summed E-state index contributed by atoms with van der Waals surface area (Å²) in [6, 6.07) is 3.89. The number of anilines is 1.